The number of hydrogen-bond donors (Lipinski definition) is 4. The van der Waals surface area contributed by atoms with Crippen molar-refractivity contribution in [2.45, 2.75) is 6.23 Å². The smallest absolute Gasteiger partial charge is 0.322 e. The number of hydrogen-bond acceptors (Lipinski definition) is 4. The summed E-state index contributed by atoms with van der Waals surface area (Å²) in [5.41, 5.74) is 2.33. The molecule has 0 aliphatic carbocycles. The maximum absolute atomic E-state index is 10.9. The van der Waals surface area contributed by atoms with Crippen LogP contribution in [0.1, 0.15) is 0 Å². The minimum absolute atomic E-state index is 0.174. The van der Waals surface area contributed by atoms with Gasteiger partial charge in [-0.15, -0.1) is 5.73 Å². The standard InChI is InChI=1S/C8H12N2O4/c1-2-3-6(11)9-4-7(12)10-5-8(13)14/h3,6,9,11H,1,4-5H2,(H,10,12)(H,13,14). The number of amides is 1. The highest BCUT2D eigenvalue weighted by molar-refractivity contribution is 5.82. The Balaban J connectivity index is 3.63. The van der Waals surface area contributed by atoms with E-state index in [-0.39, 0.29) is 6.54 Å². The summed E-state index contributed by atoms with van der Waals surface area (Å²) in [7, 11) is 0. The molecule has 4 N–H and O–H groups in total. The Morgan fingerprint density at radius 1 is 1.50 bits per heavy atom. The highest BCUT2D eigenvalue weighted by Gasteiger charge is 2.04. The van der Waals surface area contributed by atoms with E-state index in [0.717, 1.165) is 0 Å². The zero-order chi connectivity index (χ0) is 11.0. The number of aliphatic hydroxyl groups excluding tert-OH is 1. The van der Waals surface area contributed by atoms with Crippen molar-refractivity contribution in [2.24, 2.45) is 0 Å². The third-order valence-electron chi connectivity index (χ3n) is 1.18. The number of carbonyl (C=O) groups excluding carboxylic acids is 1. The number of carbonyl (C=O) groups is 2. The lowest BCUT2D eigenvalue weighted by Crippen LogP contribution is -2.40. The number of carboxylic acids is 1. The molecule has 6 heteroatoms. The molecule has 0 heterocycles. The Bertz CT molecular complexity index is 258. The Morgan fingerprint density at radius 2 is 2.14 bits per heavy atom. The first-order valence-electron chi connectivity index (χ1n) is 3.82. The predicted molar refractivity (Wildman–Crippen MR) is 48.4 cm³/mol. The van der Waals surface area contributed by atoms with Crippen molar-refractivity contribution in [1.29, 1.82) is 0 Å². The fraction of sp³-hybridized carbons (Fsp3) is 0.375. The van der Waals surface area contributed by atoms with Gasteiger partial charge in [-0.2, -0.15) is 0 Å². The molecule has 6 nitrogen and oxygen atoms in total. The Morgan fingerprint density at radius 3 is 2.64 bits per heavy atom. The molecule has 0 radical (unpaired) electrons. The molecule has 1 atom stereocenters. The van der Waals surface area contributed by atoms with Gasteiger partial charge in [-0.3, -0.25) is 14.9 Å². The SMILES string of the molecule is C=C=CC(O)NCC(=O)NCC(=O)O. The van der Waals surface area contributed by atoms with E-state index in [1.54, 1.807) is 0 Å². The van der Waals surface area contributed by atoms with Crippen molar-refractivity contribution in [1.82, 2.24) is 10.6 Å². The summed E-state index contributed by atoms with van der Waals surface area (Å²) in [5.74, 6) is -1.63. The largest absolute Gasteiger partial charge is 0.480 e. The molecule has 0 aliphatic heterocycles. The summed E-state index contributed by atoms with van der Waals surface area (Å²) in [6.45, 7) is 2.62. The summed E-state index contributed by atoms with van der Waals surface area (Å²) in [6, 6.07) is 0. The van der Waals surface area contributed by atoms with Crippen LogP contribution in [0.4, 0.5) is 0 Å². The van der Waals surface area contributed by atoms with Crippen molar-refractivity contribution >= 4 is 11.9 Å². The average molecular weight is 200 g/mol. The molecule has 0 aromatic heterocycles. The van der Waals surface area contributed by atoms with Crippen molar-refractivity contribution < 1.29 is 19.8 Å². The van der Waals surface area contributed by atoms with Gasteiger partial charge in [-0.1, -0.05) is 6.58 Å². The van der Waals surface area contributed by atoms with Crippen LogP contribution in [0.2, 0.25) is 0 Å². The number of carboxylic acid groups (broad SMARTS) is 1. The van der Waals surface area contributed by atoms with E-state index in [1.165, 1.54) is 6.08 Å². The van der Waals surface area contributed by atoms with E-state index in [1.807, 2.05) is 0 Å². The molecule has 0 aliphatic rings. The molecule has 0 saturated carbocycles. The van der Waals surface area contributed by atoms with Gasteiger partial charge in [0.25, 0.3) is 0 Å². The molecule has 0 saturated heterocycles. The lowest BCUT2D eigenvalue weighted by Gasteiger charge is -2.06. The second-order valence-corrected chi connectivity index (χ2v) is 2.37. The van der Waals surface area contributed by atoms with Crippen LogP contribution in [0, 0.1) is 0 Å². The highest BCUT2D eigenvalue weighted by atomic mass is 16.4. The summed E-state index contributed by atoms with van der Waals surface area (Å²) >= 11 is 0. The highest BCUT2D eigenvalue weighted by Crippen LogP contribution is 1.76. The molecular formula is C8H12N2O4. The topological polar surface area (TPSA) is 98.7 Å². The summed E-state index contributed by atoms with van der Waals surface area (Å²) in [6.07, 6.45) is 0.216. The molecule has 1 amide bonds. The number of nitrogens with one attached hydrogen (secondary N) is 2. The second kappa shape index (κ2) is 6.85. The van der Waals surface area contributed by atoms with Gasteiger partial charge in [0.05, 0.1) is 6.54 Å². The van der Waals surface area contributed by atoms with Gasteiger partial charge < -0.3 is 15.5 Å². The van der Waals surface area contributed by atoms with Crippen molar-refractivity contribution in [2.75, 3.05) is 13.1 Å². The summed E-state index contributed by atoms with van der Waals surface area (Å²) < 4.78 is 0. The van der Waals surface area contributed by atoms with Gasteiger partial charge >= 0.3 is 5.97 Å². The lowest BCUT2D eigenvalue weighted by atomic mass is 10.4. The van der Waals surface area contributed by atoms with Gasteiger partial charge in [-0.25, -0.2) is 0 Å². The van der Waals surface area contributed by atoms with Crippen LogP contribution in [0.5, 0.6) is 0 Å². The second-order valence-electron chi connectivity index (χ2n) is 2.37. The Hall–Kier alpha value is -1.62. The normalized spacial score (nSPS) is 11.2. The third kappa shape index (κ3) is 7.05. The minimum Gasteiger partial charge on any atom is -0.480 e. The van der Waals surface area contributed by atoms with E-state index in [4.69, 9.17) is 10.2 Å². The zero-order valence-corrected chi connectivity index (χ0v) is 7.49. The first kappa shape index (κ1) is 12.4. The van der Waals surface area contributed by atoms with Crippen LogP contribution < -0.4 is 10.6 Å². The van der Waals surface area contributed by atoms with Crippen molar-refractivity contribution in [3.05, 3.63) is 18.4 Å². The van der Waals surface area contributed by atoms with E-state index in [2.05, 4.69) is 22.9 Å². The van der Waals surface area contributed by atoms with Crippen molar-refractivity contribution in [3.8, 4) is 0 Å². The molecule has 0 fully saturated rings. The van der Waals surface area contributed by atoms with E-state index >= 15 is 0 Å². The Kier molecular flexibility index (Phi) is 6.06. The zero-order valence-electron chi connectivity index (χ0n) is 7.49. The average Bonchev–Trinajstić information content (AvgIpc) is 2.12. The van der Waals surface area contributed by atoms with Crippen LogP contribution in [0.25, 0.3) is 0 Å². The van der Waals surface area contributed by atoms with Crippen LogP contribution >= 0.6 is 0 Å². The first-order chi connectivity index (χ1) is 6.56. The van der Waals surface area contributed by atoms with E-state index < -0.39 is 24.6 Å². The molecular weight excluding hydrogens is 188 g/mol. The predicted octanol–water partition coefficient (Wildman–Crippen LogP) is -1.56. The molecule has 0 spiro atoms. The minimum atomic E-state index is -1.12. The maximum Gasteiger partial charge on any atom is 0.322 e. The number of aliphatic carboxylic acids is 1. The summed E-state index contributed by atoms with van der Waals surface area (Å²) in [5, 5.41) is 21.7. The Labute approximate surface area is 80.9 Å². The number of rotatable bonds is 6. The fourth-order valence-corrected chi connectivity index (χ4v) is 0.605. The fourth-order valence-electron chi connectivity index (χ4n) is 0.605. The van der Waals surface area contributed by atoms with Gasteiger partial charge in [0.2, 0.25) is 5.91 Å². The molecule has 1 unspecified atom stereocenters. The van der Waals surface area contributed by atoms with Gasteiger partial charge in [0, 0.05) is 6.08 Å². The first-order valence-corrected chi connectivity index (χ1v) is 3.82. The molecule has 0 bridgehead atoms. The molecule has 0 aromatic rings. The van der Waals surface area contributed by atoms with Crippen LogP contribution in [0.3, 0.4) is 0 Å². The lowest BCUT2D eigenvalue weighted by molar-refractivity contribution is -0.137. The van der Waals surface area contributed by atoms with Crippen LogP contribution in [0.15, 0.2) is 18.4 Å². The van der Waals surface area contributed by atoms with Gasteiger partial charge in [0.1, 0.15) is 12.8 Å². The summed E-state index contributed by atoms with van der Waals surface area (Å²) in [4.78, 5) is 20.9. The molecule has 14 heavy (non-hydrogen) atoms. The van der Waals surface area contributed by atoms with Gasteiger partial charge in [0.15, 0.2) is 0 Å². The molecule has 0 rings (SSSR count). The van der Waals surface area contributed by atoms with E-state index in [0.29, 0.717) is 0 Å². The molecule has 78 valence electrons. The van der Waals surface area contributed by atoms with Gasteiger partial charge in [-0.05, 0) is 0 Å². The number of aliphatic hydroxyl groups is 1. The maximum atomic E-state index is 10.9. The van der Waals surface area contributed by atoms with Crippen LogP contribution in [-0.4, -0.2) is 41.4 Å². The van der Waals surface area contributed by atoms with E-state index in [9.17, 15) is 9.59 Å². The van der Waals surface area contributed by atoms with Crippen LogP contribution in [-0.2, 0) is 9.59 Å². The molecule has 0 aromatic carbocycles. The quantitative estimate of drug-likeness (QED) is 0.307. The monoisotopic (exact) mass is 200 g/mol. The third-order valence-corrected chi connectivity index (χ3v) is 1.18. The van der Waals surface area contributed by atoms with Crippen molar-refractivity contribution in [3.63, 3.8) is 0 Å².